The highest BCUT2D eigenvalue weighted by atomic mass is 32.2. The lowest BCUT2D eigenvalue weighted by Crippen LogP contribution is -2.30. The maximum atomic E-state index is 13.0. The van der Waals surface area contributed by atoms with Crippen molar-refractivity contribution >= 4 is 20.1 Å². The van der Waals surface area contributed by atoms with Gasteiger partial charge in [0.05, 0.1) is 0 Å². The van der Waals surface area contributed by atoms with Gasteiger partial charge in [0.15, 0.2) is 10.1 Å². The summed E-state index contributed by atoms with van der Waals surface area (Å²) in [4.78, 5) is 6.87. The van der Waals surface area contributed by atoms with Crippen LogP contribution >= 0.6 is 0 Å². The first-order valence-electron chi connectivity index (χ1n) is 6.66. The van der Waals surface area contributed by atoms with E-state index in [2.05, 4.69) is 14.7 Å². The summed E-state index contributed by atoms with van der Waals surface area (Å²) in [6.45, 7) is 3.25. The van der Waals surface area contributed by atoms with Gasteiger partial charge in [0.1, 0.15) is 0 Å². The topological polar surface area (TPSA) is 115 Å². The summed E-state index contributed by atoms with van der Waals surface area (Å²) in [5.74, 6) is -1.47. The second kappa shape index (κ2) is 6.79. The molecule has 2 aromatic rings. The second-order valence-corrected chi connectivity index (χ2v) is 8.08. The van der Waals surface area contributed by atoms with Crippen molar-refractivity contribution in [2.24, 2.45) is 0 Å². The number of rotatable bonds is 6. The molecule has 0 saturated heterocycles. The second-order valence-electron chi connectivity index (χ2n) is 4.93. The molecule has 0 amide bonds. The molecule has 8 nitrogen and oxygen atoms in total. The van der Waals surface area contributed by atoms with Gasteiger partial charge in [-0.05, 0) is 32.0 Å². The lowest BCUT2D eigenvalue weighted by atomic mass is 10.4. The Labute approximate surface area is 138 Å². The molecule has 11 heteroatoms. The van der Waals surface area contributed by atoms with E-state index in [0.717, 1.165) is 24.3 Å². The van der Waals surface area contributed by atoms with Crippen LogP contribution in [0.4, 0.5) is 4.39 Å². The summed E-state index contributed by atoms with van der Waals surface area (Å²) >= 11 is 0. The minimum atomic E-state index is -4.45. The maximum Gasteiger partial charge on any atom is 0.358 e. The van der Waals surface area contributed by atoms with Crippen LogP contribution in [0.2, 0.25) is 0 Å². The van der Waals surface area contributed by atoms with E-state index in [9.17, 15) is 21.2 Å². The highest BCUT2D eigenvalue weighted by Crippen LogP contribution is 2.17. The third kappa shape index (κ3) is 4.46. The standard InChI is InChI=1S/C13H14FN3O5S2/c1-9(2)17-23(18,19)12-7-4-6-11(16-12)22-24(20,21)13-8-3-5-10(14)15-13/h3-9,17H,1-2H3. The number of nitrogens with zero attached hydrogens (tertiary/aromatic N) is 2. The van der Waals surface area contributed by atoms with Crippen LogP contribution in [0.25, 0.3) is 0 Å². The Balaban J connectivity index is 2.33. The Morgan fingerprint density at radius 2 is 1.62 bits per heavy atom. The Morgan fingerprint density at radius 1 is 1.00 bits per heavy atom. The van der Waals surface area contributed by atoms with Crippen molar-refractivity contribution in [2.45, 2.75) is 29.9 Å². The zero-order chi connectivity index (χ0) is 18.0. The van der Waals surface area contributed by atoms with Crippen molar-refractivity contribution in [3.63, 3.8) is 0 Å². The third-order valence-corrected chi connectivity index (χ3v) is 5.19. The van der Waals surface area contributed by atoms with Crippen LogP contribution < -0.4 is 8.91 Å². The molecule has 0 aliphatic carbocycles. The molecule has 0 unspecified atom stereocenters. The number of nitrogens with one attached hydrogen (secondary N) is 1. The van der Waals surface area contributed by atoms with Gasteiger partial charge in [-0.15, -0.1) is 0 Å². The van der Waals surface area contributed by atoms with Crippen molar-refractivity contribution in [1.29, 1.82) is 0 Å². The van der Waals surface area contributed by atoms with Gasteiger partial charge in [-0.25, -0.2) is 18.1 Å². The number of pyridine rings is 2. The van der Waals surface area contributed by atoms with Crippen LogP contribution in [0.1, 0.15) is 13.8 Å². The van der Waals surface area contributed by atoms with Crippen LogP contribution in [0.5, 0.6) is 5.88 Å². The fourth-order valence-electron chi connectivity index (χ4n) is 1.65. The van der Waals surface area contributed by atoms with Gasteiger partial charge in [-0.3, -0.25) is 0 Å². The van der Waals surface area contributed by atoms with Crippen molar-refractivity contribution in [2.75, 3.05) is 0 Å². The van der Waals surface area contributed by atoms with E-state index in [1.165, 1.54) is 12.1 Å². The lowest BCUT2D eigenvalue weighted by molar-refractivity contribution is 0.464. The first-order chi connectivity index (χ1) is 11.1. The highest BCUT2D eigenvalue weighted by Gasteiger charge is 2.22. The van der Waals surface area contributed by atoms with Gasteiger partial charge in [0, 0.05) is 12.1 Å². The van der Waals surface area contributed by atoms with E-state index in [-0.39, 0.29) is 6.04 Å². The summed E-state index contributed by atoms with van der Waals surface area (Å²) < 4.78 is 68.2. The van der Waals surface area contributed by atoms with Gasteiger partial charge in [-0.2, -0.15) is 17.8 Å². The third-order valence-electron chi connectivity index (χ3n) is 2.50. The van der Waals surface area contributed by atoms with Crippen LogP contribution in [0.15, 0.2) is 46.5 Å². The van der Waals surface area contributed by atoms with E-state index in [4.69, 9.17) is 4.18 Å². The van der Waals surface area contributed by atoms with Gasteiger partial charge < -0.3 is 4.18 Å². The summed E-state index contributed by atoms with van der Waals surface area (Å²) in [6.07, 6.45) is 0. The molecule has 130 valence electrons. The van der Waals surface area contributed by atoms with Gasteiger partial charge >= 0.3 is 10.1 Å². The summed E-state index contributed by atoms with van der Waals surface area (Å²) in [5.41, 5.74) is 0. The van der Waals surface area contributed by atoms with Crippen molar-refractivity contribution in [3.05, 3.63) is 42.3 Å². The first kappa shape index (κ1) is 18.2. The molecule has 2 aromatic heterocycles. The molecule has 0 aliphatic heterocycles. The largest absolute Gasteiger partial charge is 0.358 e. The number of hydrogen-bond donors (Lipinski definition) is 1. The van der Waals surface area contributed by atoms with Gasteiger partial charge in [0.25, 0.3) is 10.0 Å². The van der Waals surface area contributed by atoms with E-state index >= 15 is 0 Å². The Morgan fingerprint density at radius 3 is 2.25 bits per heavy atom. The summed E-state index contributed by atoms with van der Waals surface area (Å²) in [6, 6.07) is 6.41. The highest BCUT2D eigenvalue weighted by molar-refractivity contribution is 7.89. The molecule has 0 aliphatic rings. The number of aromatic nitrogens is 2. The zero-order valence-corrected chi connectivity index (χ0v) is 14.3. The van der Waals surface area contributed by atoms with Gasteiger partial charge in [-0.1, -0.05) is 12.1 Å². The smallest absolute Gasteiger partial charge is 0.357 e. The Kier molecular flexibility index (Phi) is 5.16. The van der Waals surface area contributed by atoms with E-state index < -0.39 is 42.0 Å². The van der Waals surface area contributed by atoms with Crippen LogP contribution in [0, 0.1) is 5.95 Å². The van der Waals surface area contributed by atoms with E-state index in [1.54, 1.807) is 13.8 Å². The number of halogens is 1. The van der Waals surface area contributed by atoms with Crippen molar-refractivity contribution in [1.82, 2.24) is 14.7 Å². The molecule has 1 N–H and O–H groups in total. The Hall–Kier alpha value is -2.11. The van der Waals surface area contributed by atoms with Crippen molar-refractivity contribution in [3.8, 4) is 5.88 Å². The average Bonchev–Trinajstić information content (AvgIpc) is 2.46. The molecule has 2 rings (SSSR count). The molecule has 0 radical (unpaired) electrons. The molecule has 0 atom stereocenters. The SMILES string of the molecule is CC(C)NS(=O)(=O)c1cccc(OS(=O)(=O)c2cccc(F)n2)n1. The Bertz CT molecular complexity index is 946. The lowest BCUT2D eigenvalue weighted by Gasteiger charge is -2.10. The fraction of sp³-hybridized carbons (Fsp3) is 0.231. The predicted octanol–water partition coefficient (Wildman–Crippen LogP) is 1.07. The van der Waals surface area contributed by atoms with E-state index in [0.29, 0.717) is 0 Å². The first-order valence-corrected chi connectivity index (χ1v) is 9.56. The van der Waals surface area contributed by atoms with Crippen LogP contribution in [0.3, 0.4) is 0 Å². The molecule has 0 bridgehead atoms. The number of sulfonamides is 1. The molecule has 24 heavy (non-hydrogen) atoms. The van der Waals surface area contributed by atoms with Crippen LogP contribution in [-0.2, 0) is 20.1 Å². The minimum Gasteiger partial charge on any atom is -0.357 e. The molecular formula is C13H14FN3O5S2. The fourth-order valence-corrected chi connectivity index (χ4v) is 3.70. The molecule has 2 heterocycles. The van der Waals surface area contributed by atoms with Crippen molar-refractivity contribution < 1.29 is 25.4 Å². The monoisotopic (exact) mass is 375 g/mol. The molecule has 0 spiro atoms. The average molecular weight is 375 g/mol. The maximum absolute atomic E-state index is 13.0. The predicted molar refractivity (Wildman–Crippen MR) is 81.7 cm³/mol. The quantitative estimate of drug-likeness (QED) is 0.593. The zero-order valence-electron chi connectivity index (χ0n) is 12.7. The van der Waals surface area contributed by atoms with Gasteiger partial charge in [0.2, 0.25) is 11.8 Å². The molecule has 0 saturated carbocycles. The summed E-state index contributed by atoms with van der Waals surface area (Å²) in [5, 5.41) is -1.06. The normalized spacial score (nSPS) is 12.3. The molecule has 0 aromatic carbocycles. The number of hydrogen-bond acceptors (Lipinski definition) is 7. The molecular weight excluding hydrogens is 361 g/mol. The van der Waals surface area contributed by atoms with Crippen LogP contribution in [-0.4, -0.2) is 32.8 Å². The van der Waals surface area contributed by atoms with E-state index in [1.807, 2.05) is 0 Å². The minimum absolute atomic E-state index is 0.374. The summed E-state index contributed by atoms with van der Waals surface area (Å²) in [7, 11) is -8.37. The molecule has 0 fully saturated rings.